The minimum atomic E-state index is -2.73. The third-order valence-electron chi connectivity index (χ3n) is 1.98. The lowest BCUT2D eigenvalue weighted by Crippen LogP contribution is -2.00. The molecule has 0 saturated heterocycles. The van der Waals surface area contributed by atoms with Crippen LogP contribution in [0.5, 0.6) is 5.75 Å². The number of hydrogen-bond acceptors (Lipinski definition) is 2. The Balaban J connectivity index is 3.19. The van der Waals surface area contributed by atoms with Crippen LogP contribution in [0.1, 0.15) is 17.6 Å². The molecule has 2 nitrogen and oxygen atoms in total. The van der Waals surface area contributed by atoms with Crippen molar-refractivity contribution in [2.45, 2.75) is 12.8 Å². The highest BCUT2D eigenvalue weighted by Crippen LogP contribution is 2.29. The number of alkyl halides is 2. The fourth-order valence-electron chi connectivity index (χ4n) is 1.33. The fraction of sp³-hybridized carbons (Fsp3) is 0.400. The zero-order valence-electron chi connectivity index (χ0n) is 8.14. The van der Waals surface area contributed by atoms with E-state index in [1.807, 2.05) is 0 Å². The second-order valence-electron chi connectivity index (χ2n) is 2.97. The number of hydrogen-bond donors (Lipinski definition) is 1. The standard InChI is InChI=1S/C10H11F3O2/c1-15-9-6(2-3-14)4-7(10(12)13)5-8(9)11/h4-5,10,14H,2-3H2,1H3. The van der Waals surface area contributed by atoms with Crippen LogP contribution >= 0.6 is 0 Å². The smallest absolute Gasteiger partial charge is 0.263 e. The second-order valence-corrected chi connectivity index (χ2v) is 2.97. The monoisotopic (exact) mass is 220 g/mol. The normalized spacial score (nSPS) is 10.8. The quantitative estimate of drug-likeness (QED) is 0.843. The molecule has 1 aromatic rings. The summed E-state index contributed by atoms with van der Waals surface area (Å²) in [6.45, 7) is -0.248. The highest BCUT2D eigenvalue weighted by molar-refractivity contribution is 5.39. The van der Waals surface area contributed by atoms with Gasteiger partial charge in [0, 0.05) is 12.2 Å². The first-order chi connectivity index (χ1) is 7.10. The Morgan fingerprint density at radius 1 is 1.40 bits per heavy atom. The molecule has 0 spiro atoms. The first-order valence-corrected chi connectivity index (χ1v) is 4.35. The summed E-state index contributed by atoms with van der Waals surface area (Å²) in [6, 6.07) is 1.88. The Labute approximate surface area is 85.3 Å². The van der Waals surface area contributed by atoms with Gasteiger partial charge in [-0.2, -0.15) is 0 Å². The highest BCUT2D eigenvalue weighted by Gasteiger charge is 2.15. The van der Waals surface area contributed by atoms with E-state index in [2.05, 4.69) is 0 Å². The molecule has 0 fully saturated rings. The topological polar surface area (TPSA) is 29.5 Å². The molecule has 1 aromatic carbocycles. The van der Waals surface area contributed by atoms with Crippen LogP contribution in [0.4, 0.5) is 13.2 Å². The van der Waals surface area contributed by atoms with Gasteiger partial charge in [0.15, 0.2) is 11.6 Å². The molecule has 15 heavy (non-hydrogen) atoms. The van der Waals surface area contributed by atoms with Gasteiger partial charge < -0.3 is 9.84 Å². The molecule has 0 heterocycles. The minimum absolute atomic E-state index is 0.0840. The molecule has 1 N–H and O–H groups in total. The summed E-state index contributed by atoms with van der Waals surface area (Å²) in [6.07, 6.45) is -2.65. The molecular weight excluding hydrogens is 209 g/mol. The third-order valence-corrected chi connectivity index (χ3v) is 1.98. The van der Waals surface area contributed by atoms with Crippen LogP contribution in [0.15, 0.2) is 12.1 Å². The Morgan fingerprint density at radius 2 is 2.07 bits per heavy atom. The number of ether oxygens (including phenoxy) is 1. The summed E-state index contributed by atoms with van der Waals surface area (Å²) in [7, 11) is 1.25. The van der Waals surface area contributed by atoms with E-state index in [1.54, 1.807) is 0 Å². The van der Waals surface area contributed by atoms with Gasteiger partial charge in [-0.15, -0.1) is 0 Å². The van der Waals surface area contributed by atoms with Crippen LogP contribution in [0.3, 0.4) is 0 Å². The number of aliphatic hydroxyl groups excluding tert-OH is 1. The van der Waals surface area contributed by atoms with Crippen molar-refractivity contribution in [3.8, 4) is 5.75 Å². The lowest BCUT2D eigenvalue weighted by Gasteiger charge is -2.10. The number of halogens is 3. The van der Waals surface area contributed by atoms with E-state index in [0.717, 1.165) is 12.1 Å². The average Bonchev–Trinajstić information content (AvgIpc) is 2.17. The molecule has 0 amide bonds. The number of aliphatic hydroxyl groups is 1. The molecular formula is C10H11F3O2. The maximum absolute atomic E-state index is 13.3. The van der Waals surface area contributed by atoms with E-state index in [4.69, 9.17) is 9.84 Å². The van der Waals surface area contributed by atoms with Gasteiger partial charge in [-0.05, 0) is 24.1 Å². The lowest BCUT2D eigenvalue weighted by atomic mass is 10.1. The van der Waals surface area contributed by atoms with Crippen molar-refractivity contribution in [2.75, 3.05) is 13.7 Å². The first-order valence-electron chi connectivity index (χ1n) is 4.35. The van der Waals surface area contributed by atoms with Crippen LogP contribution < -0.4 is 4.74 Å². The Kier molecular flexibility index (Phi) is 3.96. The summed E-state index contributed by atoms with van der Waals surface area (Å²) in [4.78, 5) is 0. The largest absolute Gasteiger partial charge is 0.493 e. The molecule has 0 aromatic heterocycles. The maximum atomic E-state index is 13.3. The van der Waals surface area contributed by atoms with Gasteiger partial charge in [0.2, 0.25) is 0 Å². The van der Waals surface area contributed by atoms with Crippen LogP contribution in [-0.2, 0) is 6.42 Å². The van der Waals surface area contributed by atoms with Crippen molar-refractivity contribution in [3.63, 3.8) is 0 Å². The van der Waals surface area contributed by atoms with E-state index < -0.39 is 17.8 Å². The molecule has 0 aliphatic carbocycles. The van der Waals surface area contributed by atoms with Crippen LogP contribution in [-0.4, -0.2) is 18.8 Å². The first kappa shape index (κ1) is 11.8. The van der Waals surface area contributed by atoms with Crippen molar-refractivity contribution < 1.29 is 23.0 Å². The van der Waals surface area contributed by atoms with Crippen molar-refractivity contribution >= 4 is 0 Å². The van der Waals surface area contributed by atoms with Gasteiger partial charge in [-0.1, -0.05) is 0 Å². The molecule has 0 aliphatic heterocycles. The van der Waals surface area contributed by atoms with Crippen LogP contribution in [0, 0.1) is 5.82 Å². The van der Waals surface area contributed by atoms with Crippen molar-refractivity contribution in [1.82, 2.24) is 0 Å². The van der Waals surface area contributed by atoms with E-state index in [1.165, 1.54) is 7.11 Å². The SMILES string of the molecule is COc1c(F)cc(C(F)F)cc1CCO. The predicted molar refractivity (Wildman–Crippen MR) is 48.7 cm³/mol. The van der Waals surface area contributed by atoms with E-state index >= 15 is 0 Å². The van der Waals surface area contributed by atoms with E-state index in [-0.39, 0.29) is 24.3 Å². The van der Waals surface area contributed by atoms with Crippen molar-refractivity contribution in [2.24, 2.45) is 0 Å². The summed E-state index contributed by atoms with van der Waals surface area (Å²) in [5.74, 6) is -0.924. The maximum Gasteiger partial charge on any atom is 0.263 e. The molecule has 0 bridgehead atoms. The zero-order valence-corrected chi connectivity index (χ0v) is 8.14. The Bertz CT molecular complexity index is 340. The predicted octanol–water partition coefficient (Wildman–Crippen LogP) is 2.31. The fourth-order valence-corrected chi connectivity index (χ4v) is 1.33. The Hall–Kier alpha value is -1.23. The molecule has 5 heteroatoms. The summed E-state index contributed by atoms with van der Waals surface area (Å²) in [5, 5.41) is 8.69. The lowest BCUT2D eigenvalue weighted by molar-refractivity contribution is 0.150. The zero-order chi connectivity index (χ0) is 11.4. The van der Waals surface area contributed by atoms with Crippen molar-refractivity contribution in [3.05, 3.63) is 29.1 Å². The molecule has 0 radical (unpaired) electrons. The van der Waals surface area contributed by atoms with Gasteiger partial charge in [0.1, 0.15) is 0 Å². The third kappa shape index (κ3) is 2.62. The van der Waals surface area contributed by atoms with Gasteiger partial charge in [-0.3, -0.25) is 0 Å². The molecule has 1 rings (SSSR count). The Morgan fingerprint density at radius 3 is 2.53 bits per heavy atom. The molecule has 84 valence electrons. The highest BCUT2D eigenvalue weighted by atomic mass is 19.3. The second kappa shape index (κ2) is 5.02. The number of methoxy groups -OCH3 is 1. The van der Waals surface area contributed by atoms with E-state index in [0.29, 0.717) is 0 Å². The molecule has 0 unspecified atom stereocenters. The summed E-state index contributed by atoms with van der Waals surface area (Å²) in [5.41, 5.74) is -0.160. The van der Waals surface area contributed by atoms with Crippen molar-refractivity contribution in [1.29, 1.82) is 0 Å². The summed E-state index contributed by atoms with van der Waals surface area (Å²) >= 11 is 0. The summed E-state index contributed by atoms with van der Waals surface area (Å²) < 4.78 is 42.7. The molecule has 0 atom stereocenters. The van der Waals surface area contributed by atoms with Gasteiger partial charge in [-0.25, -0.2) is 13.2 Å². The van der Waals surface area contributed by atoms with Gasteiger partial charge in [0.25, 0.3) is 6.43 Å². The van der Waals surface area contributed by atoms with Gasteiger partial charge >= 0.3 is 0 Å². The molecule has 0 saturated carbocycles. The minimum Gasteiger partial charge on any atom is -0.493 e. The van der Waals surface area contributed by atoms with E-state index in [9.17, 15) is 13.2 Å². The molecule has 0 aliphatic rings. The van der Waals surface area contributed by atoms with Gasteiger partial charge in [0.05, 0.1) is 7.11 Å². The average molecular weight is 220 g/mol. The number of benzene rings is 1. The van der Waals surface area contributed by atoms with Crippen LogP contribution in [0.2, 0.25) is 0 Å². The van der Waals surface area contributed by atoms with Crippen LogP contribution in [0.25, 0.3) is 0 Å². The number of rotatable bonds is 4.